The molecule has 75 heavy (non-hydrogen) atoms. The van der Waals surface area contributed by atoms with Crippen LogP contribution >= 0.6 is 35.2 Å². The Balaban J connectivity index is 0.785. The zero-order valence-corrected chi connectivity index (χ0v) is 45.7. The van der Waals surface area contributed by atoms with E-state index in [1.54, 1.807) is 0 Å². The van der Waals surface area contributed by atoms with Crippen molar-refractivity contribution in [3.8, 4) is 0 Å². The van der Waals surface area contributed by atoms with Gasteiger partial charge in [-0.3, -0.25) is 32.9 Å². The number of hydrogen-bond acceptors (Lipinski definition) is 24. The number of thioether (sulfide) groups is 1. The number of carbonyl (C=O) groups is 4. The smallest absolute Gasteiger partial charge is 0.274 e. The first-order valence-electron chi connectivity index (χ1n) is 24.8. The third-order valence-electron chi connectivity index (χ3n) is 16.4. The number of nitrogens with one attached hydrogen (secondary N) is 2. The third kappa shape index (κ3) is 13.7. The molecule has 2 aromatic rings. The quantitative estimate of drug-likeness (QED) is 0.0658. The maximum atomic E-state index is 13.0. The van der Waals surface area contributed by atoms with Crippen LogP contribution in [0.25, 0.3) is 11.2 Å². The number of aliphatic hydroxyl groups is 3. The summed E-state index contributed by atoms with van der Waals surface area (Å²) in [4.78, 5) is 111. The maximum Gasteiger partial charge on any atom is 0.274 e. The van der Waals surface area contributed by atoms with Crippen molar-refractivity contribution in [2.75, 3.05) is 37.8 Å². The van der Waals surface area contributed by atoms with Crippen LogP contribution < -0.4 is 35.9 Å². The Labute approximate surface area is 437 Å². The fourth-order valence-corrected chi connectivity index (χ4v) is 15.9. The Morgan fingerprint density at radius 1 is 0.987 bits per heavy atom. The van der Waals surface area contributed by atoms with E-state index in [2.05, 4.69) is 64.2 Å². The molecule has 420 valence electrons. The number of amides is 2. The van der Waals surface area contributed by atoms with E-state index in [1.165, 1.54) is 19.4 Å². The molecule has 4 aliphatic carbocycles. The number of imidazole rings is 1. The summed E-state index contributed by atoms with van der Waals surface area (Å²) < 4.78 is 61.1. The lowest BCUT2D eigenvalue weighted by molar-refractivity contribution is -0.347. The van der Waals surface area contributed by atoms with Crippen LogP contribution in [-0.4, -0.2) is 120 Å². The second kappa shape index (κ2) is 23.3. The van der Waals surface area contributed by atoms with Gasteiger partial charge in [0.25, 0.3) is 15.6 Å². The number of fused-ring (bicyclic) bond motifs is 6. The van der Waals surface area contributed by atoms with E-state index in [0.29, 0.717) is 24.2 Å². The Hall–Kier alpha value is -3.07. The summed E-state index contributed by atoms with van der Waals surface area (Å²) >= 11 is 1.00. The van der Waals surface area contributed by atoms with Crippen molar-refractivity contribution >= 4 is 74.9 Å². The topological polar surface area (TPSA) is 412 Å². The first-order chi connectivity index (χ1) is 34.9. The van der Waals surface area contributed by atoms with Gasteiger partial charge >= 0.3 is 0 Å². The number of nitrogens with two attached hydrogens (primary N) is 1. The molecular weight excluding hydrogens is 1070 g/mol. The number of rotatable bonds is 23. The van der Waals surface area contributed by atoms with Gasteiger partial charge in [-0.1, -0.05) is 52.0 Å². The predicted molar refractivity (Wildman–Crippen MR) is 258 cm³/mol. The predicted octanol–water partition coefficient (Wildman–Crippen LogP) is 0.672. The molecule has 1 saturated heterocycles. The monoisotopic (exact) mass is 1130 g/mol. The number of ketones is 1. The highest BCUT2D eigenvalue weighted by molar-refractivity contribution is 8.13. The van der Waals surface area contributed by atoms with E-state index < -0.39 is 90.7 Å². The largest absolute Gasteiger partial charge is 0.790 e. The normalized spacial score (nSPS) is 31.7. The van der Waals surface area contributed by atoms with Gasteiger partial charge in [0.1, 0.15) is 36.3 Å². The summed E-state index contributed by atoms with van der Waals surface area (Å²) in [6, 6.07) is 0. The number of aromatic nitrogens is 4. The summed E-state index contributed by atoms with van der Waals surface area (Å²) in [6.45, 7) is 6.76. The molecule has 4 fully saturated rings. The highest BCUT2D eigenvalue weighted by Gasteiger charge is 2.60. The van der Waals surface area contributed by atoms with Gasteiger partial charge in [-0.15, -0.1) is 0 Å². The number of phosphoric acid groups is 3. The minimum Gasteiger partial charge on any atom is -0.790 e. The van der Waals surface area contributed by atoms with E-state index in [-0.39, 0.29) is 82.2 Å². The molecule has 7 rings (SSSR count). The van der Waals surface area contributed by atoms with Crippen LogP contribution in [0.5, 0.6) is 0 Å². The lowest BCUT2D eigenvalue weighted by atomic mass is 9.46. The Kier molecular flexibility index (Phi) is 18.5. The standard InChI is InChI=1S/C45H70N7O19P3S/c1-24(28-8-9-29-27-7-6-25-18-26(53)10-13-44(25,4)30(27)11-14-45(28,29)5)31(54)19-34(56)75-17-16-47-33(55)12-15-48-41(59)38(58)43(2,3)21-68-74(65,66)71-73(63,64)67-20-32-37(70-72(60,61)62)36(57)42(69-32)52-23-51-35-39(46)49-22-50-40(35)52/h18,22-24,27-32,36-38,42,54,57-58H,6-17,19-21H2,1-5H3,(H,47,55)(H,48,59)(H,63,64)(H,65,66)(H2,46,49,50)(H2,60,61,62)/p-4/t24-,27-,28+,29-,30-,31-,32+,36+,37+,38-,42+,44-,45+/m0/s1. The average Bonchev–Trinajstić information content (AvgIpc) is 4.01. The van der Waals surface area contributed by atoms with Crippen LogP contribution in [-0.2, 0) is 55.5 Å². The van der Waals surface area contributed by atoms with Crippen molar-refractivity contribution in [2.24, 2.45) is 45.8 Å². The van der Waals surface area contributed by atoms with Crippen LogP contribution in [0.1, 0.15) is 105 Å². The molecule has 1 aliphatic heterocycles. The third-order valence-corrected chi connectivity index (χ3v) is 20.3. The highest BCUT2D eigenvalue weighted by atomic mass is 32.2. The molecule has 0 spiro atoms. The zero-order chi connectivity index (χ0) is 55.1. The fraction of sp³-hybridized carbons (Fsp3) is 0.756. The van der Waals surface area contributed by atoms with E-state index in [0.717, 1.165) is 73.9 Å². The zero-order valence-electron chi connectivity index (χ0n) is 42.2. The molecule has 0 aromatic carbocycles. The molecule has 30 heteroatoms. The van der Waals surface area contributed by atoms with Crippen molar-refractivity contribution < 1.29 is 90.4 Å². The number of ether oxygens (including phenoxy) is 1. The lowest BCUT2D eigenvalue weighted by Crippen LogP contribution is -2.51. The number of anilines is 1. The van der Waals surface area contributed by atoms with Gasteiger partial charge in [0.05, 0.1) is 33.5 Å². The number of nitrogens with zero attached hydrogens (tertiary/aromatic N) is 4. The summed E-state index contributed by atoms with van der Waals surface area (Å²) in [5, 5.41) is 37.7. The molecule has 26 nitrogen and oxygen atoms in total. The Morgan fingerprint density at radius 3 is 2.43 bits per heavy atom. The number of nitrogen functional groups attached to an aromatic ring is 1. The van der Waals surface area contributed by atoms with Crippen LogP contribution in [0.15, 0.2) is 24.3 Å². The Bertz CT molecular complexity index is 2640. The van der Waals surface area contributed by atoms with Gasteiger partial charge in [-0.05, 0) is 91.4 Å². The van der Waals surface area contributed by atoms with Crippen LogP contribution in [0.4, 0.5) is 5.82 Å². The number of hydrogen-bond donors (Lipinski definition) is 6. The minimum atomic E-state index is -5.95. The lowest BCUT2D eigenvalue weighted by Gasteiger charge is -2.58. The van der Waals surface area contributed by atoms with Gasteiger partial charge in [-0.25, -0.2) is 19.3 Å². The molecule has 2 unspecified atom stereocenters. The number of carbonyl (C=O) groups excluding carboxylic acids is 4. The molecule has 7 N–H and O–H groups in total. The summed E-state index contributed by atoms with van der Waals surface area (Å²) in [7, 11) is -17.7. The highest BCUT2D eigenvalue weighted by Crippen LogP contribution is 2.68. The summed E-state index contributed by atoms with van der Waals surface area (Å²) in [5.41, 5.74) is 5.55. The first-order valence-corrected chi connectivity index (χ1v) is 30.2. The van der Waals surface area contributed by atoms with Gasteiger partial charge in [0.2, 0.25) is 11.8 Å². The molecule has 15 atom stereocenters. The van der Waals surface area contributed by atoms with Crippen molar-refractivity contribution in [1.29, 1.82) is 0 Å². The Morgan fingerprint density at radius 2 is 1.71 bits per heavy atom. The van der Waals surface area contributed by atoms with E-state index in [9.17, 15) is 67.8 Å². The molecule has 5 aliphatic rings. The molecule has 3 heterocycles. The van der Waals surface area contributed by atoms with E-state index >= 15 is 0 Å². The van der Waals surface area contributed by atoms with Crippen molar-refractivity contribution in [3.05, 3.63) is 24.3 Å². The summed E-state index contributed by atoms with van der Waals surface area (Å²) in [6.07, 6.45) is 1.28. The molecule has 0 bridgehead atoms. The minimum absolute atomic E-state index is 0.0181. The van der Waals surface area contributed by atoms with Crippen molar-refractivity contribution in [2.45, 2.75) is 136 Å². The second-order valence-electron chi connectivity index (χ2n) is 21.5. The molecule has 2 amide bonds. The first kappa shape index (κ1) is 59.6. The number of phosphoric ester groups is 3. The van der Waals surface area contributed by atoms with E-state index in [4.69, 9.17) is 10.5 Å². The van der Waals surface area contributed by atoms with E-state index in [1.807, 2.05) is 6.08 Å². The summed E-state index contributed by atoms with van der Waals surface area (Å²) in [5.74, 6) is 0.787. The van der Waals surface area contributed by atoms with Gasteiger partial charge in [-0.2, -0.15) is 0 Å². The van der Waals surface area contributed by atoms with Crippen LogP contribution in [0.2, 0.25) is 0 Å². The van der Waals surface area contributed by atoms with Gasteiger partial charge in [0.15, 0.2) is 28.6 Å². The number of allylic oxidation sites excluding steroid dienone is 1. The van der Waals surface area contributed by atoms with Gasteiger partial charge < -0.3 is 74.1 Å². The molecule has 3 saturated carbocycles. The second-order valence-corrected chi connectivity index (χ2v) is 26.7. The van der Waals surface area contributed by atoms with Crippen LogP contribution in [0.3, 0.4) is 0 Å². The van der Waals surface area contributed by atoms with Gasteiger partial charge in [0, 0.05) is 43.5 Å². The van der Waals surface area contributed by atoms with Crippen LogP contribution in [0, 0.1) is 45.8 Å². The number of aliphatic hydroxyl groups excluding tert-OH is 3. The SMILES string of the molecule is C[C@@H]([C@H]1CC[C@H]2[C@@H]3CCC4=CC(=O)CC[C@]4(C)[C@H]3CC[C@]12C)[C@@H](O)CC(=O)SCCNC(=O)CCNC(=O)[C@H](O)C(C)(C)COP(=O)([O-])OP(=O)([O-])OC[C@H]1O[C@@H](n2cnc3c(N)ncnc32)[C@H](O)[C@@H]1OP(=O)([O-])[O-]. The van der Waals surface area contributed by atoms with Crippen molar-refractivity contribution in [1.82, 2.24) is 30.2 Å². The molecular formula is C45H66N7O19P3S-4. The molecule has 2 aromatic heterocycles. The van der Waals surface area contributed by atoms with Crippen molar-refractivity contribution in [3.63, 3.8) is 0 Å². The average molecular weight is 1130 g/mol. The molecule has 0 radical (unpaired) electrons. The maximum absolute atomic E-state index is 13.0. The fourth-order valence-electron chi connectivity index (χ4n) is 12.4.